The number of nitrogens with zero attached hydrogens (tertiary/aromatic N) is 1. The van der Waals surface area contributed by atoms with Gasteiger partial charge in [0.1, 0.15) is 5.82 Å². The zero-order chi connectivity index (χ0) is 17.9. The monoisotopic (exact) mass is 374 g/mol. The molecule has 2 aliphatic rings. The quantitative estimate of drug-likeness (QED) is 0.834. The van der Waals surface area contributed by atoms with Crippen molar-refractivity contribution < 1.29 is 13.9 Å². The van der Waals surface area contributed by atoms with E-state index in [0.717, 1.165) is 18.5 Å². The summed E-state index contributed by atoms with van der Waals surface area (Å²) < 4.78 is 19.7. The number of rotatable bonds is 5. The molecule has 1 amide bonds. The van der Waals surface area contributed by atoms with E-state index in [9.17, 15) is 9.18 Å². The SMILES string of the molecule is O=C(OCC1CC2CCC(C1)N2)N(Cc1ccccc1F)c1ccsc1. The molecule has 0 spiro atoms. The minimum Gasteiger partial charge on any atom is -0.449 e. The lowest BCUT2D eigenvalue weighted by Crippen LogP contribution is -2.40. The van der Waals surface area contributed by atoms with Crippen LogP contribution in [0.3, 0.4) is 0 Å². The summed E-state index contributed by atoms with van der Waals surface area (Å²) in [6.45, 7) is 0.602. The van der Waals surface area contributed by atoms with Gasteiger partial charge in [0.05, 0.1) is 18.8 Å². The molecule has 138 valence electrons. The highest BCUT2D eigenvalue weighted by Crippen LogP contribution is 2.31. The summed E-state index contributed by atoms with van der Waals surface area (Å²) in [6, 6.07) is 9.55. The zero-order valence-corrected chi connectivity index (χ0v) is 15.4. The molecule has 1 aromatic heterocycles. The van der Waals surface area contributed by atoms with Gasteiger partial charge in [-0.15, -0.1) is 0 Å². The molecule has 2 aromatic rings. The first-order valence-corrected chi connectivity index (χ1v) is 10.1. The van der Waals surface area contributed by atoms with Gasteiger partial charge < -0.3 is 10.1 Å². The van der Waals surface area contributed by atoms with Crippen LogP contribution in [-0.4, -0.2) is 24.8 Å². The molecule has 1 N–H and O–H groups in total. The molecule has 0 radical (unpaired) electrons. The Morgan fingerprint density at radius 2 is 2.00 bits per heavy atom. The van der Waals surface area contributed by atoms with Crippen molar-refractivity contribution in [3.05, 3.63) is 52.5 Å². The lowest BCUT2D eigenvalue weighted by Gasteiger charge is -2.29. The second kappa shape index (κ2) is 7.76. The standard InChI is InChI=1S/C20H23FN2O2S/c21-19-4-2-1-3-15(19)11-23(18-7-8-26-13-18)20(24)25-12-14-9-16-5-6-17(10-14)22-16/h1-4,7-8,13-14,16-17,22H,5-6,9-12H2. The summed E-state index contributed by atoms with van der Waals surface area (Å²) in [5, 5.41) is 7.39. The van der Waals surface area contributed by atoms with Crippen LogP contribution >= 0.6 is 11.3 Å². The van der Waals surface area contributed by atoms with Gasteiger partial charge in [-0.3, -0.25) is 4.90 Å². The predicted octanol–water partition coefficient (Wildman–Crippen LogP) is 4.56. The number of piperidine rings is 1. The van der Waals surface area contributed by atoms with Crippen LogP contribution in [0.15, 0.2) is 41.1 Å². The van der Waals surface area contributed by atoms with Crippen molar-refractivity contribution in [2.45, 2.75) is 44.3 Å². The first kappa shape index (κ1) is 17.5. The summed E-state index contributed by atoms with van der Waals surface area (Å²) in [5.74, 6) is 0.103. The van der Waals surface area contributed by atoms with Gasteiger partial charge in [0, 0.05) is 23.0 Å². The number of halogens is 1. The van der Waals surface area contributed by atoms with Crippen LogP contribution in [0.5, 0.6) is 0 Å². The maximum absolute atomic E-state index is 14.0. The summed E-state index contributed by atoms with van der Waals surface area (Å²) in [5.41, 5.74) is 1.23. The molecule has 0 saturated carbocycles. The normalized spacial score (nSPS) is 24.4. The fourth-order valence-corrected chi connectivity index (χ4v) is 4.69. The van der Waals surface area contributed by atoms with Crippen LogP contribution < -0.4 is 10.2 Å². The van der Waals surface area contributed by atoms with Crippen LogP contribution in [0.2, 0.25) is 0 Å². The number of carbonyl (C=O) groups is 1. The first-order valence-electron chi connectivity index (χ1n) is 9.15. The highest BCUT2D eigenvalue weighted by atomic mass is 32.1. The van der Waals surface area contributed by atoms with E-state index in [1.807, 2.05) is 16.8 Å². The Bertz CT molecular complexity index is 740. The topological polar surface area (TPSA) is 41.6 Å². The van der Waals surface area contributed by atoms with Crippen molar-refractivity contribution in [3.63, 3.8) is 0 Å². The lowest BCUT2D eigenvalue weighted by molar-refractivity contribution is 0.116. The van der Waals surface area contributed by atoms with Crippen molar-refractivity contribution in [1.29, 1.82) is 0 Å². The Kier molecular flexibility index (Phi) is 5.22. The number of carbonyl (C=O) groups excluding carboxylic acids is 1. The molecule has 2 bridgehead atoms. The third-order valence-electron chi connectivity index (χ3n) is 5.34. The van der Waals surface area contributed by atoms with E-state index in [-0.39, 0.29) is 12.4 Å². The Balaban J connectivity index is 1.42. The number of nitrogens with one attached hydrogen (secondary N) is 1. The Hall–Kier alpha value is -1.92. The minimum atomic E-state index is -0.405. The molecular weight excluding hydrogens is 351 g/mol. The van der Waals surface area contributed by atoms with Gasteiger partial charge in [-0.25, -0.2) is 9.18 Å². The Morgan fingerprint density at radius 3 is 2.69 bits per heavy atom. The lowest BCUT2D eigenvalue weighted by atomic mass is 9.93. The average molecular weight is 374 g/mol. The van der Waals surface area contributed by atoms with E-state index >= 15 is 0 Å². The molecule has 4 rings (SSSR count). The first-order chi connectivity index (χ1) is 12.7. The number of thiophene rings is 1. The van der Waals surface area contributed by atoms with E-state index in [0.29, 0.717) is 30.2 Å². The number of hydrogen-bond acceptors (Lipinski definition) is 4. The van der Waals surface area contributed by atoms with Gasteiger partial charge in [-0.05, 0) is 49.1 Å². The molecule has 4 nitrogen and oxygen atoms in total. The van der Waals surface area contributed by atoms with E-state index in [2.05, 4.69) is 5.32 Å². The van der Waals surface area contributed by atoms with Crippen LogP contribution in [0.1, 0.15) is 31.2 Å². The summed E-state index contributed by atoms with van der Waals surface area (Å²) in [4.78, 5) is 14.3. The summed E-state index contributed by atoms with van der Waals surface area (Å²) >= 11 is 1.50. The second-order valence-corrected chi connectivity index (χ2v) is 7.99. The van der Waals surface area contributed by atoms with Gasteiger partial charge >= 0.3 is 6.09 Å². The third-order valence-corrected chi connectivity index (χ3v) is 6.01. The summed E-state index contributed by atoms with van der Waals surface area (Å²) in [7, 11) is 0. The van der Waals surface area contributed by atoms with Gasteiger partial charge in [0.15, 0.2) is 0 Å². The van der Waals surface area contributed by atoms with Crippen molar-refractivity contribution in [2.75, 3.05) is 11.5 Å². The van der Waals surface area contributed by atoms with Crippen molar-refractivity contribution in [2.24, 2.45) is 5.92 Å². The Morgan fingerprint density at radius 1 is 1.23 bits per heavy atom. The molecule has 3 heterocycles. The van der Waals surface area contributed by atoms with Gasteiger partial charge in [0.25, 0.3) is 0 Å². The number of benzene rings is 1. The van der Waals surface area contributed by atoms with Crippen molar-refractivity contribution in [1.82, 2.24) is 5.32 Å². The van der Waals surface area contributed by atoms with Crippen LogP contribution in [-0.2, 0) is 11.3 Å². The van der Waals surface area contributed by atoms with Gasteiger partial charge in [-0.1, -0.05) is 18.2 Å². The minimum absolute atomic E-state index is 0.166. The zero-order valence-electron chi connectivity index (χ0n) is 14.6. The van der Waals surface area contributed by atoms with E-state index < -0.39 is 6.09 Å². The maximum Gasteiger partial charge on any atom is 0.414 e. The molecule has 2 unspecified atom stereocenters. The van der Waals surface area contributed by atoms with Crippen molar-refractivity contribution >= 4 is 23.1 Å². The smallest absolute Gasteiger partial charge is 0.414 e. The predicted molar refractivity (Wildman–Crippen MR) is 101 cm³/mol. The highest BCUT2D eigenvalue weighted by molar-refractivity contribution is 7.08. The van der Waals surface area contributed by atoms with Gasteiger partial charge in [0.2, 0.25) is 0 Å². The average Bonchev–Trinajstić information content (AvgIpc) is 3.29. The third kappa shape index (κ3) is 3.91. The fraction of sp³-hybridized carbons (Fsp3) is 0.450. The van der Waals surface area contributed by atoms with Crippen molar-refractivity contribution in [3.8, 4) is 0 Å². The largest absolute Gasteiger partial charge is 0.449 e. The maximum atomic E-state index is 14.0. The molecule has 2 fully saturated rings. The summed E-state index contributed by atoms with van der Waals surface area (Å²) in [6.07, 6.45) is 4.18. The highest BCUT2D eigenvalue weighted by Gasteiger charge is 2.34. The molecule has 0 aliphatic carbocycles. The van der Waals surface area contributed by atoms with Crippen LogP contribution in [0.25, 0.3) is 0 Å². The second-order valence-electron chi connectivity index (χ2n) is 7.21. The molecule has 2 aliphatic heterocycles. The number of hydrogen-bond donors (Lipinski definition) is 1. The molecule has 26 heavy (non-hydrogen) atoms. The Labute approximate surface area is 157 Å². The molecular formula is C20H23FN2O2S. The van der Waals surface area contributed by atoms with Crippen LogP contribution in [0, 0.1) is 11.7 Å². The fourth-order valence-electron chi connectivity index (χ4n) is 4.05. The number of fused-ring (bicyclic) bond motifs is 2. The number of amides is 1. The molecule has 2 atom stereocenters. The van der Waals surface area contributed by atoms with Gasteiger partial charge in [-0.2, -0.15) is 11.3 Å². The molecule has 6 heteroatoms. The molecule has 1 aromatic carbocycles. The van der Waals surface area contributed by atoms with Crippen LogP contribution in [0.4, 0.5) is 14.9 Å². The van der Waals surface area contributed by atoms with E-state index in [4.69, 9.17) is 4.74 Å². The van der Waals surface area contributed by atoms with E-state index in [1.165, 1.54) is 35.1 Å². The number of anilines is 1. The van der Waals surface area contributed by atoms with E-state index in [1.54, 1.807) is 18.2 Å². The number of ether oxygens (including phenoxy) is 1. The molecule has 2 saturated heterocycles.